The summed E-state index contributed by atoms with van der Waals surface area (Å²) in [5.41, 5.74) is 2.82. The van der Waals surface area contributed by atoms with Crippen molar-refractivity contribution in [3.05, 3.63) is 48.5 Å². The molecule has 0 atom stereocenters. The number of hydrogen-bond acceptors (Lipinski definition) is 6. The van der Waals surface area contributed by atoms with Crippen molar-refractivity contribution in [2.24, 2.45) is 10.2 Å². The van der Waals surface area contributed by atoms with Crippen molar-refractivity contribution in [2.75, 3.05) is 49.9 Å². The van der Waals surface area contributed by atoms with E-state index in [2.05, 4.69) is 30.7 Å². The highest BCUT2D eigenvalue weighted by Crippen LogP contribution is 2.21. The van der Waals surface area contributed by atoms with Gasteiger partial charge in [0, 0.05) is 11.4 Å². The Hall–Kier alpha value is -3.10. The molecule has 0 unspecified atom stereocenters. The minimum atomic E-state index is -0.0349. The number of benzene rings is 2. The van der Waals surface area contributed by atoms with Gasteiger partial charge in [-0.2, -0.15) is 10.2 Å². The minimum absolute atomic E-state index is 0.0349. The summed E-state index contributed by atoms with van der Waals surface area (Å²) in [6.45, 7) is 12.3. The second-order valence-corrected chi connectivity index (χ2v) is 7.31. The molecule has 0 saturated heterocycles. The standard InChI is InChI=1S/C24H34N6O2/c1-5-29(6-2)17-23(31)25-19-9-13-21(14-10-19)27-28-22-15-11-20(12-16-22)26-24(32)18-30(7-3)8-4/h9-16H,5-8,17-18H2,1-4H3,(H,25,31)(H,26,32)/b28-27+. The van der Waals surface area contributed by atoms with Crippen molar-refractivity contribution < 1.29 is 9.59 Å². The predicted molar refractivity (Wildman–Crippen MR) is 130 cm³/mol. The van der Waals surface area contributed by atoms with Gasteiger partial charge in [0.25, 0.3) is 0 Å². The van der Waals surface area contributed by atoms with Gasteiger partial charge in [0.1, 0.15) is 0 Å². The first kappa shape index (κ1) is 25.2. The van der Waals surface area contributed by atoms with Crippen LogP contribution in [0, 0.1) is 0 Å². The normalized spacial score (nSPS) is 11.3. The average molecular weight is 439 g/mol. The van der Waals surface area contributed by atoms with E-state index in [1.54, 1.807) is 24.3 Å². The summed E-state index contributed by atoms with van der Waals surface area (Å²) in [6.07, 6.45) is 0. The first-order chi connectivity index (χ1) is 15.5. The Bertz CT molecular complexity index is 799. The summed E-state index contributed by atoms with van der Waals surface area (Å²) >= 11 is 0. The van der Waals surface area contributed by atoms with Gasteiger partial charge in [-0.15, -0.1) is 0 Å². The molecular weight excluding hydrogens is 404 g/mol. The molecule has 2 aromatic rings. The molecule has 0 saturated carbocycles. The van der Waals surface area contributed by atoms with E-state index >= 15 is 0 Å². The van der Waals surface area contributed by atoms with Crippen LogP contribution in [0.15, 0.2) is 58.8 Å². The van der Waals surface area contributed by atoms with E-state index in [1.807, 2.05) is 52.0 Å². The molecule has 2 N–H and O–H groups in total. The van der Waals surface area contributed by atoms with Crippen molar-refractivity contribution in [3.63, 3.8) is 0 Å². The maximum absolute atomic E-state index is 12.1. The Kier molecular flexibility index (Phi) is 10.5. The van der Waals surface area contributed by atoms with Gasteiger partial charge < -0.3 is 10.6 Å². The Morgan fingerprint density at radius 3 is 1.22 bits per heavy atom. The highest BCUT2D eigenvalue weighted by molar-refractivity contribution is 5.92. The zero-order valence-electron chi connectivity index (χ0n) is 19.5. The molecule has 0 aromatic heterocycles. The van der Waals surface area contributed by atoms with Crippen LogP contribution in [0.4, 0.5) is 22.7 Å². The van der Waals surface area contributed by atoms with Gasteiger partial charge in [0.2, 0.25) is 11.8 Å². The lowest BCUT2D eigenvalue weighted by molar-refractivity contribution is -0.118. The van der Waals surface area contributed by atoms with Crippen LogP contribution in [0.25, 0.3) is 0 Å². The molecule has 0 aliphatic heterocycles. The average Bonchev–Trinajstić information content (AvgIpc) is 2.81. The van der Waals surface area contributed by atoms with Gasteiger partial charge in [-0.1, -0.05) is 27.7 Å². The molecule has 0 aliphatic carbocycles. The second kappa shape index (κ2) is 13.3. The van der Waals surface area contributed by atoms with Crippen molar-refractivity contribution in [1.29, 1.82) is 0 Å². The van der Waals surface area contributed by atoms with E-state index in [1.165, 1.54) is 0 Å². The Balaban J connectivity index is 1.87. The maximum Gasteiger partial charge on any atom is 0.238 e. The van der Waals surface area contributed by atoms with E-state index in [4.69, 9.17) is 0 Å². The lowest BCUT2D eigenvalue weighted by Gasteiger charge is -2.17. The van der Waals surface area contributed by atoms with Crippen LogP contribution in [-0.2, 0) is 9.59 Å². The van der Waals surface area contributed by atoms with Gasteiger partial charge in [-0.25, -0.2) is 0 Å². The van der Waals surface area contributed by atoms with Crippen LogP contribution in [0.5, 0.6) is 0 Å². The molecule has 0 spiro atoms. The Morgan fingerprint density at radius 2 is 0.938 bits per heavy atom. The Morgan fingerprint density at radius 1 is 0.625 bits per heavy atom. The maximum atomic E-state index is 12.1. The third kappa shape index (κ3) is 8.56. The molecule has 172 valence electrons. The van der Waals surface area contributed by atoms with Crippen molar-refractivity contribution >= 4 is 34.6 Å². The predicted octanol–water partition coefficient (Wildman–Crippen LogP) is 4.66. The summed E-state index contributed by atoms with van der Waals surface area (Å²) in [7, 11) is 0. The SMILES string of the molecule is CCN(CC)CC(=O)Nc1ccc(/N=N/c2ccc(NC(=O)CN(CC)CC)cc2)cc1. The molecule has 2 rings (SSSR count). The fourth-order valence-corrected chi connectivity index (χ4v) is 3.04. The molecule has 2 amide bonds. The Labute approximate surface area is 190 Å². The van der Waals surface area contributed by atoms with Gasteiger partial charge in [-0.05, 0) is 74.7 Å². The summed E-state index contributed by atoms with van der Waals surface area (Å²) in [5, 5.41) is 14.3. The zero-order valence-corrected chi connectivity index (χ0v) is 19.5. The van der Waals surface area contributed by atoms with Crippen molar-refractivity contribution in [3.8, 4) is 0 Å². The number of likely N-dealkylation sites (N-methyl/N-ethyl adjacent to an activating group) is 2. The molecule has 2 aromatic carbocycles. The lowest BCUT2D eigenvalue weighted by Crippen LogP contribution is -2.32. The fourth-order valence-electron chi connectivity index (χ4n) is 3.04. The lowest BCUT2D eigenvalue weighted by atomic mass is 10.2. The topological polar surface area (TPSA) is 89.4 Å². The molecule has 8 heteroatoms. The quantitative estimate of drug-likeness (QED) is 0.472. The number of nitrogens with zero attached hydrogens (tertiary/aromatic N) is 4. The van der Waals surface area contributed by atoms with Crippen LogP contribution in [0.1, 0.15) is 27.7 Å². The number of amides is 2. The molecule has 0 heterocycles. The third-order valence-electron chi connectivity index (χ3n) is 5.11. The number of carbonyl (C=O) groups is 2. The fraction of sp³-hybridized carbons (Fsp3) is 0.417. The van der Waals surface area contributed by atoms with Gasteiger partial charge >= 0.3 is 0 Å². The summed E-state index contributed by atoms with van der Waals surface area (Å²) in [6, 6.07) is 14.4. The molecular formula is C24H34N6O2. The van der Waals surface area contributed by atoms with E-state index < -0.39 is 0 Å². The summed E-state index contributed by atoms with van der Waals surface area (Å²) in [5.74, 6) is -0.0697. The smallest absolute Gasteiger partial charge is 0.238 e. The molecule has 32 heavy (non-hydrogen) atoms. The monoisotopic (exact) mass is 438 g/mol. The van der Waals surface area contributed by atoms with Gasteiger partial charge in [-0.3, -0.25) is 19.4 Å². The zero-order chi connectivity index (χ0) is 23.3. The minimum Gasteiger partial charge on any atom is -0.325 e. The third-order valence-corrected chi connectivity index (χ3v) is 5.11. The van der Waals surface area contributed by atoms with Crippen LogP contribution < -0.4 is 10.6 Å². The highest BCUT2D eigenvalue weighted by atomic mass is 16.2. The molecule has 0 aliphatic rings. The van der Waals surface area contributed by atoms with Crippen LogP contribution in [-0.4, -0.2) is 60.9 Å². The molecule has 0 bridgehead atoms. The van der Waals surface area contributed by atoms with E-state index in [0.29, 0.717) is 24.5 Å². The van der Waals surface area contributed by atoms with Gasteiger partial charge in [0.05, 0.1) is 24.5 Å². The second-order valence-electron chi connectivity index (χ2n) is 7.31. The van der Waals surface area contributed by atoms with Crippen LogP contribution in [0.2, 0.25) is 0 Å². The number of hydrogen-bond donors (Lipinski definition) is 2. The van der Waals surface area contributed by atoms with Crippen molar-refractivity contribution in [2.45, 2.75) is 27.7 Å². The molecule has 0 fully saturated rings. The van der Waals surface area contributed by atoms with E-state index in [9.17, 15) is 9.59 Å². The largest absolute Gasteiger partial charge is 0.325 e. The first-order valence-corrected chi connectivity index (χ1v) is 11.1. The van der Waals surface area contributed by atoms with Crippen LogP contribution >= 0.6 is 0 Å². The number of azo groups is 1. The number of anilines is 2. The van der Waals surface area contributed by atoms with Gasteiger partial charge in [0.15, 0.2) is 0 Å². The number of rotatable bonds is 12. The van der Waals surface area contributed by atoms with E-state index in [-0.39, 0.29) is 11.8 Å². The highest BCUT2D eigenvalue weighted by Gasteiger charge is 2.08. The summed E-state index contributed by atoms with van der Waals surface area (Å²) in [4.78, 5) is 28.3. The molecule has 8 nitrogen and oxygen atoms in total. The molecule has 0 radical (unpaired) electrons. The summed E-state index contributed by atoms with van der Waals surface area (Å²) < 4.78 is 0. The first-order valence-electron chi connectivity index (χ1n) is 11.1. The van der Waals surface area contributed by atoms with Crippen molar-refractivity contribution in [1.82, 2.24) is 9.80 Å². The number of nitrogens with one attached hydrogen (secondary N) is 2. The van der Waals surface area contributed by atoms with E-state index in [0.717, 1.165) is 37.6 Å². The van der Waals surface area contributed by atoms with Crippen LogP contribution in [0.3, 0.4) is 0 Å². The number of carbonyl (C=O) groups excluding carboxylic acids is 2.